The first-order chi connectivity index (χ1) is 14.0. The quantitative estimate of drug-likeness (QED) is 0.605. The summed E-state index contributed by atoms with van der Waals surface area (Å²) in [7, 11) is 3.27. The van der Waals surface area contributed by atoms with E-state index in [1.807, 2.05) is 12.1 Å². The van der Waals surface area contributed by atoms with Crippen LogP contribution in [-0.2, 0) is 11.3 Å². The van der Waals surface area contributed by atoms with Gasteiger partial charge in [-0.2, -0.15) is 0 Å². The van der Waals surface area contributed by atoms with E-state index in [-0.39, 0.29) is 10.9 Å². The second kappa shape index (κ2) is 9.91. The van der Waals surface area contributed by atoms with Crippen molar-refractivity contribution < 1.29 is 28.5 Å². The summed E-state index contributed by atoms with van der Waals surface area (Å²) >= 11 is 5.97. The van der Waals surface area contributed by atoms with E-state index < -0.39 is 5.82 Å². The third-order valence-corrected chi connectivity index (χ3v) is 5.49. The van der Waals surface area contributed by atoms with E-state index in [4.69, 9.17) is 21.1 Å². The van der Waals surface area contributed by atoms with Gasteiger partial charge in [-0.05, 0) is 36.4 Å². The Morgan fingerprint density at radius 1 is 1.03 bits per heavy atom. The molecule has 0 aliphatic carbocycles. The molecule has 2 aromatic carbocycles. The Kier molecular flexibility index (Phi) is 7.30. The molecule has 3 N–H and O–H groups in total. The zero-order valence-electron chi connectivity index (χ0n) is 16.7. The van der Waals surface area contributed by atoms with E-state index in [2.05, 4.69) is 11.4 Å². The van der Waals surface area contributed by atoms with Crippen molar-refractivity contribution in [3.05, 3.63) is 52.8 Å². The number of carbonyl (C=O) groups excluding carboxylic acids is 1. The van der Waals surface area contributed by atoms with Gasteiger partial charge in [0.15, 0.2) is 18.0 Å². The van der Waals surface area contributed by atoms with Crippen molar-refractivity contribution in [2.45, 2.75) is 6.54 Å². The highest BCUT2D eigenvalue weighted by Gasteiger charge is 2.25. The fraction of sp³-hybridized carbons (Fsp3) is 0.381. The van der Waals surface area contributed by atoms with Gasteiger partial charge >= 0.3 is 0 Å². The van der Waals surface area contributed by atoms with Crippen LogP contribution in [0.25, 0.3) is 0 Å². The summed E-state index contributed by atoms with van der Waals surface area (Å²) in [5, 5.41) is 2.97. The molecule has 1 aliphatic heterocycles. The molecule has 3 rings (SSSR count). The van der Waals surface area contributed by atoms with Gasteiger partial charge in [0.25, 0.3) is 5.91 Å². The number of ether oxygens (including phenoxy) is 2. The van der Waals surface area contributed by atoms with Gasteiger partial charge in [-0.1, -0.05) is 11.6 Å². The molecule has 1 fully saturated rings. The molecule has 1 aliphatic rings. The van der Waals surface area contributed by atoms with E-state index in [0.717, 1.165) is 44.2 Å². The maximum absolute atomic E-state index is 13.1. The van der Waals surface area contributed by atoms with Crippen LogP contribution >= 0.6 is 11.6 Å². The van der Waals surface area contributed by atoms with Gasteiger partial charge in [0, 0.05) is 5.56 Å². The van der Waals surface area contributed by atoms with Crippen molar-refractivity contribution in [2.75, 3.05) is 52.3 Å². The van der Waals surface area contributed by atoms with Gasteiger partial charge in [0.1, 0.15) is 38.5 Å². The molecule has 1 amide bonds. The Hall–Kier alpha value is -2.35. The Morgan fingerprint density at radius 3 is 2.38 bits per heavy atom. The number of amides is 1. The standard InChI is InChI=1S/C21H25ClFN3O3/c1-28-19-6-3-15(11-20(19)29-2)13-25-7-9-26(10-8-25)14-21(27)24-18-5-4-16(23)12-17(18)22/h3-6,11-12H,7-10,13-14H2,1-2H3,(H,24,27)/p+2. The minimum atomic E-state index is -0.424. The number of carbonyl (C=O) groups is 1. The molecule has 0 bridgehead atoms. The number of halogens is 2. The lowest BCUT2D eigenvalue weighted by Gasteiger charge is -2.29. The SMILES string of the molecule is COc1ccc(C[NH+]2CC[NH+](CC(=O)Nc3ccc(F)cc3Cl)CC2)cc1OC. The molecule has 29 heavy (non-hydrogen) atoms. The van der Waals surface area contributed by atoms with E-state index in [0.29, 0.717) is 12.2 Å². The van der Waals surface area contributed by atoms with Crippen LogP contribution in [0.15, 0.2) is 36.4 Å². The Balaban J connectivity index is 1.47. The minimum absolute atomic E-state index is 0.114. The van der Waals surface area contributed by atoms with Crippen molar-refractivity contribution in [1.29, 1.82) is 0 Å². The normalized spacial score (nSPS) is 18.9. The fourth-order valence-electron chi connectivity index (χ4n) is 3.60. The number of hydrogen-bond donors (Lipinski definition) is 3. The van der Waals surface area contributed by atoms with Crippen LogP contribution in [0.4, 0.5) is 10.1 Å². The van der Waals surface area contributed by atoms with Crippen molar-refractivity contribution in [1.82, 2.24) is 0 Å². The van der Waals surface area contributed by atoms with Crippen LogP contribution in [0.1, 0.15) is 5.56 Å². The monoisotopic (exact) mass is 423 g/mol. The van der Waals surface area contributed by atoms with Gasteiger partial charge in [-0.25, -0.2) is 4.39 Å². The van der Waals surface area contributed by atoms with Crippen LogP contribution in [0.3, 0.4) is 0 Å². The van der Waals surface area contributed by atoms with Crippen LogP contribution in [0.5, 0.6) is 11.5 Å². The van der Waals surface area contributed by atoms with Crippen LogP contribution in [0.2, 0.25) is 5.02 Å². The summed E-state index contributed by atoms with van der Waals surface area (Å²) in [5.41, 5.74) is 1.64. The first-order valence-electron chi connectivity index (χ1n) is 9.61. The molecule has 0 unspecified atom stereocenters. The van der Waals surface area contributed by atoms with Gasteiger partial charge in [0.05, 0.1) is 24.9 Å². The van der Waals surface area contributed by atoms with Crippen molar-refractivity contribution >= 4 is 23.2 Å². The summed E-state index contributed by atoms with van der Waals surface area (Å²) in [5.74, 6) is 0.932. The Labute approximate surface area is 175 Å². The van der Waals surface area contributed by atoms with Crippen LogP contribution < -0.4 is 24.6 Å². The second-order valence-electron chi connectivity index (χ2n) is 7.22. The second-order valence-corrected chi connectivity index (χ2v) is 7.62. The number of piperazine rings is 1. The highest BCUT2D eigenvalue weighted by molar-refractivity contribution is 6.33. The lowest BCUT2D eigenvalue weighted by molar-refractivity contribution is -1.02. The number of anilines is 1. The average molecular weight is 424 g/mol. The maximum atomic E-state index is 13.1. The molecule has 8 heteroatoms. The molecular formula is C21H27ClFN3O3+2. The first-order valence-corrected chi connectivity index (χ1v) is 9.99. The third-order valence-electron chi connectivity index (χ3n) is 5.18. The van der Waals surface area contributed by atoms with Crippen LogP contribution in [0, 0.1) is 5.82 Å². The highest BCUT2D eigenvalue weighted by Crippen LogP contribution is 2.27. The average Bonchev–Trinajstić information content (AvgIpc) is 2.71. The largest absolute Gasteiger partial charge is 0.493 e. The van der Waals surface area contributed by atoms with Crippen LogP contribution in [-0.4, -0.2) is 52.9 Å². The maximum Gasteiger partial charge on any atom is 0.279 e. The van der Waals surface area contributed by atoms with E-state index in [1.54, 1.807) is 14.2 Å². The minimum Gasteiger partial charge on any atom is -0.493 e. The summed E-state index contributed by atoms with van der Waals surface area (Å²) in [4.78, 5) is 15.0. The molecule has 0 atom stereocenters. The predicted molar refractivity (Wildman–Crippen MR) is 110 cm³/mol. The van der Waals surface area contributed by atoms with Gasteiger partial charge < -0.3 is 24.6 Å². The molecular weight excluding hydrogens is 397 g/mol. The summed E-state index contributed by atoms with van der Waals surface area (Å²) < 4.78 is 23.8. The molecule has 0 radical (unpaired) electrons. The van der Waals surface area contributed by atoms with Crippen molar-refractivity contribution in [3.8, 4) is 11.5 Å². The predicted octanol–water partition coefficient (Wildman–Crippen LogP) is 0.418. The van der Waals surface area contributed by atoms with E-state index in [9.17, 15) is 9.18 Å². The number of quaternary nitrogens is 2. The topological polar surface area (TPSA) is 56.4 Å². The Bertz CT molecular complexity index is 857. The lowest BCUT2D eigenvalue weighted by atomic mass is 10.1. The molecule has 1 heterocycles. The lowest BCUT2D eigenvalue weighted by Crippen LogP contribution is -3.28. The number of nitrogens with one attached hydrogen (secondary N) is 3. The number of benzene rings is 2. The summed E-state index contributed by atoms with van der Waals surface area (Å²) in [6.07, 6.45) is 0. The number of hydrogen-bond acceptors (Lipinski definition) is 3. The fourth-order valence-corrected chi connectivity index (χ4v) is 3.82. The molecule has 6 nitrogen and oxygen atoms in total. The van der Waals surface area contributed by atoms with Crippen molar-refractivity contribution in [2.24, 2.45) is 0 Å². The summed E-state index contributed by atoms with van der Waals surface area (Å²) in [6.45, 7) is 5.06. The van der Waals surface area contributed by atoms with Gasteiger partial charge in [0.2, 0.25) is 0 Å². The summed E-state index contributed by atoms with van der Waals surface area (Å²) in [6, 6.07) is 9.97. The van der Waals surface area contributed by atoms with E-state index in [1.165, 1.54) is 33.6 Å². The van der Waals surface area contributed by atoms with Gasteiger partial charge in [-0.15, -0.1) is 0 Å². The molecule has 2 aromatic rings. The van der Waals surface area contributed by atoms with Crippen molar-refractivity contribution in [3.63, 3.8) is 0 Å². The molecule has 0 aromatic heterocycles. The Morgan fingerprint density at radius 2 is 1.72 bits per heavy atom. The molecule has 0 spiro atoms. The number of rotatable bonds is 7. The zero-order valence-corrected chi connectivity index (χ0v) is 17.4. The third kappa shape index (κ3) is 5.82. The van der Waals surface area contributed by atoms with E-state index >= 15 is 0 Å². The highest BCUT2D eigenvalue weighted by atomic mass is 35.5. The smallest absolute Gasteiger partial charge is 0.279 e. The number of methoxy groups -OCH3 is 2. The zero-order chi connectivity index (χ0) is 20.8. The molecule has 0 saturated carbocycles. The van der Waals surface area contributed by atoms with Gasteiger partial charge in [-0.3, -0.25) is 4.79 Å². The molecule has 1 saturated heterocycles. The first kappa shape index (κ1) is 21.4. The molecule has 156 valence electrons.